The maximum Gasteiger partial charge on any atom is 0.0286 e. The lowest BCUT2D eigenvalue weighted by molar-refractivity contribution is 0.930. The van der Waals surface area contributed by atoms with Gasteiger partial charge in [-0.2, -0.15) is 0 Å². The van der Waals surface area contributed by atoms with E-state index in [0.717, 1.165) is 5.33 Å². The molecule has 0 aliphatic heterocycles. The minimum absolute atomic E-state index is 0.957. The zero-order chi connectivity index (χ0) is 11.0. The van der Waals surface area contributed by atoms with Gasteiger partial charge in [0.05, 0.1) is 0 Å². The van der Waals surface area contributed by atoms with Crippen molar-refractivity contribution in [3.63, 3.8) is 0 Å². The summed E-state index contributed by atoms with van der Waals surface area (Å²) < 4.78 is 0. The van der Waals surface area contributed by atoms with Crippen LogP contribution in [0.1, 0.15) is 16.7 Å². The standard InChI is InChI=1S/C15H13Br/c16-10-12-5-3-7-15-13-6-2-1-4-11(13)8-9-14(12)15/h1-7H,8-10H2. The van der Waals surface area contributed by atoms with Crippen LogP contribution < -0.4 is 0 Å². The van der Waals surface area contributed by atoms with Gasteiger partial charge in [0.25, 0.3) is 0 Å². The summed E-state index contributed by atoms with van der Waals surface area (Å²) in [6, 6.07) is 15.4. The van der Waals surface area contributed by atoms with Crippen LogP contribution in [0.25, 0.3) is 11.1 Å². The third-order valence-electron chi connectivity index (χ3n) is 3.37. The first-order chi connectivity index (χ1) is 7.90. The summed E-state index contributed by atoms with van der Waals surface area (Å²) in [5.41, 5.74) is 7.30. The minimum Gasteiger partial charge on any atom is -0.0876 e. The van der Waals surface area contributed by atoms with Gasteiger partial charge in [0.1, 0.15) is 0 Å². The van der Waals surface area contributed by atoms with Crippen LogP contribution in [0.15, 0.2) is 42.5 Å². The second-order valence-electron chi connectivity index (χ2n) is 4.23. The van der Waals surface area contributed by atoms with E-state index >= 15 is 0 Å². The first kappa shape index (κ1) is 10.1. The highest BCUT2D eigenvalue weighted by molar-refractivity contribution is 9.08. The molecule has 3 rings (SSSR count). The Hall–Kier alpha value is -1.08. The average Bonchev–Trinajstić information content (AvgIpc) is 2.37. The Labute approximate surface area is 104 Å². The van der Waals surface area contributed by atoms with Crippen molar-refractivity contribution in [3.05, 3.63) is 59.2 Å². The molecule has 80 valence electrons. The molecule has 0 saturated carbocycles. The predicted molar refractivity (Wildman–Crippen MR) is 71.9 cm³/mol. The molecule has 0 N–H and O–H groups in total. The number of benzene rings is 2. The Kier molecular flexibility index (Phi) is 2.56. The fourth-order valence-electron chi connectivity index (χ4n) is 2.57. The molecule has 0 spiro atoms. The van der Waals surface area contributed by atoms with Crippen LogP contribution in [-0.2, 0) is 18.2 Å². The molecule has 0 radical (unpaired) electrons. The first-order valence-corrected chi connectivity index (χ1v) is 6.77. The number of hydrogen-bond donors (Lipinski definition) is 0. The van der Waals surface area contributed by atoms with Gasteiger partial charge in [-0.25, -0.2) is 0 Å². The van der Waals surface area contributed by atoms with Gasteiger partial charge in [0.2, 0.25) is 0 Å². The summed E-state index contributed by atoms with van der Waals surface area (Å²) in [5, 5.41) is 0.957. The van der Waals surface area contributed by atoms with Crippen LogP contribution in [-0.4, -0.2) is 0 Å². The van der Waals surface area contributed by atoms with Gasteiger partial charge >= 0.3 is 0 Å². The predicted octanol–water partition coefficient (Wildman–Crippen LogP) is 4.35. The molecule has 0 nitrogen and oxygen atoms in total. The summed E-state index contributed by atoms with van der Waals surface area (Å²) >= 11 is 3.58. The molecule has 0 atom stereocenters. The van der Waals surface area contributed by atoms with Crippen LogP contribution in [0, 0.1) is 0 Å². The van der Waals surface area contributed by atoms with Crippen molar-refractivity contribution in [2.45, 2.75) is 18.2 Å². The quantitative estimate of drug-likeness (QED) is 0.678. The molecule has 0 aromatic heterocycles. The van der Waals surface area contributed by atoms with Gasteiger partial charge in [0, 0.05) is 5.33 Å². The summed E-state index contributed by atoms with van der Waals surface area (Å²) in [5.74, 6) is 0. The van der Waals surface area contributed by atoms with E-state index in [2.05, 4.69) is 58.4 Å². The monoisotopic (exact) mass is 272 g/mol. The summed E-state index contributed by atoms with van der Waals surface area (Å²) in [6.07, 6.45) is 2.35. The van der Waals surface area contributed by atoms with E-state index in [-0.39, 0.29) is 0 Å². The maximum absolute atomic E-state index is 3.58. The molecule has 2 aromatic rings. The van der Waals surface area contributed by atoms with Crippen LogP contribution in [0.2, 0.25) is 0 Å². The molecule has 0 unspecified atom stereocenters. The largest absolute Gasteiger partial charge is 0.0876 e. The van der Waals surface area contributed by atoms with Crippen LogP contribution in [0.4, 0.5) is 0 Å². The Morgan fingerprint density at radius 3 is 2.56 bits per heavy atom. The third kappa shape index (κ3) is 1.51. The van der Waals surface area contributed by atoms with Crippen molar-refractivity contribution >= 4 is 15.9 Å². The molecule has 0 saturated heterocycles. The molecule has 2 aromatic carbocycles. The molecular weight excluding hydrogens is 260 g/mol. The Morgan fingerprint density at radius 1 is 0.875 bits per heavy atom. The summed E-state index contributed by atoms with van der Waals surface area (Å²) in [7, 11) is 0. The highest BCUT2D eigenvalue weighted by Gasteiger charge is 2.16. The molecule has 16 heavy (non-hydrogen) atoms. The normalized spacial score (nSPS) is 13.1. The van der Waals surface area contributed by atoms with E-state index in [1.165, 1.54) is 40.7 Å². The SMILES string of the molecule is BrCc1cccc2c1CCc1ccccc1-2. The minimum atomic E-state index is 0.957. The number of halogens is 1. The van der Waals surface area contributed by atoms with E-state index in [0.29, 0.717) is 0 Å². The number of fused-ring (bicyclic) bond motifs is 3. The van der Waals surface area contributed by atoms with Crippen molar-refractivity contribution in [2.75, 3.05) is 0 Å². The fourth-order valence-corrected chi connectivity index (χ4v) is 3.09. The zero-order valence-corrected chi connectivity index (χ0v) is 10.6. The summed E-state index contributed by atoms with van der Waals surface area (Å²) in [6.45, 7) is 0. The van der Waals surface area contributed by atoms with Crippen molar-refractivity contribution in [1.82, 2.24) is 0 Å². The lowest BCUT2D eigenvalue weighted by atomic mass is 9.84. The first-order valence-electron chi connectivity index (χ1n) is 5.65. The molecule has 0 fully saturated rings. The molecule has 1 aliphatic carbocycles. The van der Waals surface area contributed by atoms with Crippen LogP contribution in [0.3, 0.4) is 0 Å². The zero-order valence-electron chi connectivity index (χ0n) is 9.04. The van der Waals surface area contributed by atoms with Crippen molar-refractivity contribution < 1.29 is 0 Å². The van der Waals surface area contributed by atoms with E-state index in [4.69, 9.17) is 0 Å². The Balaban J connectivity index is 2.25. The van der Waals surface area contributed by atoms with E-state index in [1.54, 1.807) is 0 Å². The number of hydrogen-bond acceptors (Lipinski definition) is 0. The number of alkyl halides is 1. The van der Waals surface area contributed by atoms with Gasteiger partial charge in [-0.15, -0.1) is 0 Å². The lowest BCUT2D eigenvalue weighted by Crippen LogP contribution is -2.06. The second-order valence-corrected chi connectivity index (χ2v) is 4.79. The Bertz CT molecular complexity index is 529. The van der Waals surface area contributed by atoms with E-state index in [9.17, 15) is 0 Å². The fraction of sp³-hybridized carbons (Fsp3) is 0.200. The average molecular weight is 273 g/mol. The lowest BCUT2D eigenvalue weighted by Gasteiger charge is -2.21. The maximum atomic E-state index is 3.58. The molecular formula is C15H13Br. The van der Waals surface area contributed by atoms with Crippen LogP contribution >= 0.6 is 15.9 Å². The van der Waals surface area contributed by atoms with Crippen molar-refractivity contribution in [3.8, 4) is 11.1 Å². The molecule has 1 aliphatic rings. The molecule has 0 heterocycles. The van der Waals surface area contributed by atoms with Crippen molar-refractivity contribution in [1.29, 1.82) is 0 Å². The Morgan fingerprint density at radius 2 is 1.69 bits per heavy atom. The topological polar surface area (TPSA) is 0 Å². The van der Waals surface area contributed by atoms with Gasteiger partial charge in [-0.05, 0) is 40.7 Å². The third-order valence-corrected chi connectivity index (χ3v) is 3.97. The van der Waals surface area contributed by atoms with Crippen LogP contribution in [0.5, 0.6) is 0 Å². The van der Waals surface area contributed by atoms with E-state index < -0.39 is 0 Å². The number of aryl methyl sites for hydroxylation is 1. The van der Waals surface area contributed by atoms with Crippen molar-refractivity contribution in [2.24, 2.45) is 0 Å². The molecule has 1 heteroatoms. The van der Waals surface area contributed by atoms with Gasteiger partial charge in [-0.3, -0.25) is 0 Å². The molecule has 0 bridgehead atoms. The number of rotatable bonds is 1. The highest BCUT2D eigenvalue weighted by atomic mass is 79.9. The summed E-state index contributed by atoms with van der Waals surface area (Å²) in [4.78, 5) is 0. The van der Waals surface area contributed by atoms with E-state index in [1.807, 2.05) is 0 Å². The van der Waals surface area contributed by atoms with Gasteiger partial charge < -0.3 is 0 Å². The molecule has 0 amide bonds. The highest BCUT2D eigenvalue weighted by Crippen LogP contribution is 2.35. The van der Waals surface area contributed by atoms with Gasteiger partial charge in [0.15, 0.2) is 0 Å². The smallest absolute Gasteiger partial charge is 0.0286 e. The second kappa shape index (κ2) is 4.06. The van der Waals surface area contributed by atoms with Gasteiger partial charge in [-0.1, -0.05) is 58.4 Å².